The Hall–Kier alpha value is -3.93. The molecule has 6 heteroatoms. The van der Waals surface area contributed by atoms with E-state index in [1.54, 1.807) is 21.1 Å². The molecule has 0 spiro atoms. The minimum Gasteiger partial charge on any atom is -0.493 e. The number of rotatable bonds is 9. The number of aromatic nitrogens is 1. The normalized spacial score (nSPS) is 12.7. The maximum Gasteiger partial charge on any atom is 0.260 e. The van der Waals surface area contributed by atoms with Gasteiger partial charge in [0.15, 0.2) is 17.6 Å². The Bertz CT molecular complexity index is 1280. The van der Waals surface area contributed by atoms with E-state index in [-0.39, 0.29) is 11.8 Å². The van der Waals surface area contributed by atoms with Crippen molar-refractivity contribution in [2.75, 3.05) is 20.8 Å². The zero-order chi connectivity index (χ0) is 24.1. The van der Waals surface area contributed by atoms with Gasteiger partial charge in [0.2, 0.25) is 0 Å². The van der Waals surface area contributed by atoms with Gasteiger partial charge < -0.3 is 24.5 Å². The SMILES string of the molecule is COc1cccc(C(CNC(=O)C(C)Oc2cccc(C)c2)c2c[nH]c3ccccc23)c1OC. The first kappa shape index (κ1) is 23.2. The van der Waals surface area contributed by atoms with Crippen LogP contribution in [0.3, 0.4) is 0 Å². The third-order valence-electron chi connectivity index (χ3n) is 5.96. The second-order valence-corrected chi connectivity index (χ2v) is 8.25. The summed E-state index contributed by atoms with van der Waals surface area (Å²) in [6.07, 6.45) is 1.35. The summed E-state index contributed by atoms with van der Waals surface area (Å²) in [5.74, 6) is 1.61. The van der Waals surface area contributed by atoms with Crippen molar-refractivity contribution in [1.29, 1.82) is 0 Å². The predicted molar refractivity (Wildman–Crippen MR) is 134 cm³/mol. The van der Waals surface area contributed by atoms with E-state index in [0.29, 0.717) is 23.8 Å². The lowest BCUT2D eigenvalue weighted by molar-refractivity contribution is -0.127. The van der Waals surface area contributed by atoms with Crippen molar-refractivity contribution in [2.45, 2.75) is 25.9 Å². The van der Waals surface area contributed by atoms with Gasteiger partial charge in [-0.05, 0) is 49.2 Å². The molecule has 1 aromatic heterocycles. The number of nitrogens with one attached hydrogen (secondary N) is 2. The summed E-state index contributed by atoms with van der Waals surface area (Å²) >= 11 is 0. The molecular weight excluding hydrogens is 428 g/mol. The highest BCUT2D eigenvalue weighted by Crippen LogP contribution is 2.40. The number of para-hydroxylation sites is 2. The summed E-state index contributed by atoms with van der Waals surface area (Å²) in [6, 6.07) is 21.6. The van der Waals surface area contributed by atoms with Gasteiger partial charge in [-0.15, -0.1) is 0 Å². The topological polar surface area (TPSA) is 72.6 Å². The van der Waals surface area contributed by atoms with E-state index in [1.807, 2.05) is 73.8 Å². The Morgan fingerprint density at radius 3 is 2.53 bits per heavy atom. The Morgan fingerprint density at radius 2 is 1.76 bits per heavy atom. The van der Waals surface area contributed by atoms with Crippen LogP contribution >= 0.6 is 0 Å². The summed E-state index contributed by atoms with van der Waals surface area (Å²) in [5.41, 5.74) is 4.11. The molecule has 0 fully saturated rings. The lowest BCUT2D eigenvalue weighted by Crippen LogP contribution is -2.38. The zero-order valence-corrected chi connectivity index (χ0v) is 19.9. The molecule has 0 bridgehead atoms. The molecule has 4 rings (SSSR count). The van der Waals surface area contributed by atoms with E-state index in [4.69, 9.17) is 14.2 Å². The standard InChI is InChI=1S/C28H30N2O4/c1-18-9-7-10-20(15-18)34-19(2)28(31)30-17-24(22-12-8-14-26(32-3)27(22)33-4)23-16-29-25-13-6-5-11-21(23)25/h5-16,19,24,29H,17H2,1-4H3,(H,30,31). The average molecular weight is 459 g/mol. The lowest BCUT2D eigenvalue weighted by atomic mass is 9.89. The minimum absolute atomic E-state index is 0.170. The van der Waals surface area contributed by atoms with Crippen molar-refractivity contribution in [3.05, 3.63) is 89.6 Å². The fourth-order valence-corrected chi connectivity index (χ4v) is 4.25. The van der Waals surface area contributed by atoms with E-state index in [9.17, 15) is 4.79 Å². The van der Waals surface area contributed by atoms with Gasteiger partial charge in [-0.25, -0.2) is 0 Å². The number of H-pyrrole nitrogens is 1. The molecule has 176 valence electrons. The molecule has 6 nitrogen and oxygen atoms in total. The van der Waals surface area contributed by atoms with Gasteiger partial charge in [0.1, 0.15) is 5.75 Å². The summed E-state index contributed by atoms with van der Waals surface area (Å²) in [7, 11) is 3.25. The van der Waals surface area contributed by atoms with Crippen LogP contribution in [0.1, 0.15) is 29.5 Å². The van der Waals surface area contributed by atoms with Gasteiger partial charge >= 0.3 is 0 Å². The smallest absolute Gasteiger partial charge is 0.260 e. The van der Waals surface area contributed by atoms with Gasteiger partial charge in [0, 0.05) is 35.1 Å². The quantitative estimate of drug-likeness (QED) is 0.361. The van der Waals surface area contributed by atoms with Gasteiger partial charge in [0.25, 0.3) is 5.91 Å². The van der Waals surface area contributed by atoms with Crippen LogP contribution < -0.4 is 19.5 Å². The highest BCUT2D eigenvalue weighted by atomic mass is 16.5. The van der Waals surface area contributed by atoms with Crippen LogP contribution in [0.15, 0.2) is 72.9 Å². The second-order valence-electron chi connectivity index (χ2n) is 8.25. The van der Waals surface area contributed by atoms with Crippen LogP contribution in [0.5, 0.6) is 17.2 Å². The van der Waals surface area contributed by atoms with Crippen LogP contribution in [0, 0.1) is 6.92 Å². The highest BCUT2D eigenvalue weighted by molar-refractivity contribution is 5.85. The van der Waals surface area contributed by atoms with Gasteiger partial charge in [-0.1, -0.05) is 42.5 Å². The number of carbonyl (C=O) groups excluding carboxylic acids is 1. The van der Waals surface area contributed by atoms with Crippen LogP contribution in [0.4, 0.5) is 0 Å². The Labute approximate surface area is 199 Å². The molecular formula is C28H30N2O4. The molecule has 3 aromatic carbocycles. The largest absolute Gasteiger partial charge is 0.493 e. The molecule has 0 radical (unpaired) electrons. The van der Waals surface area contributed by atoms with E-state index >= 15 is 0 Å². The fraction of sp³-hybridized carbons (Fsp3) is 0.250. The third kappa shape index (κ3) is 4.86. The van der Waals surface area contributed by atoms with E-state index in [0.717, 1.165) is 27.6 Å². The maximum atomic E-state index is 13.0. The second kappa shape index (κ2) is 10.3. The number of aryl methyl sites for hydroxylation is 1. The molecule has 34 heavy (non-hydrogen) atoms. The molecule has 1 heterocycles. The Morgan fingerprint density at radius 1 is 0.971 bits per heavy atom. The van der Waals surface area contributed by atoms with Crippen molar-refractivity contribution in [3.8, 4) is 17.2 Å². The van der Waals surface area contributed by atoms with Crippen LogP contribution in [0.25, 0.3) is 10.9 Å². The first-order valence-corrected chi connectivity index (χ1v) is 11.3. The summed E-state index contributed by atoms with van der Waals surface area (Å²) in [5, 5.41) is 4.18. The number of amides is 1. The molecule has 2 unspecified atom stereocenters. The zero-order valence-electron chi connectivity index (χ0n) is 19.9. The molecule has 2 atom stereocenters. The number of fused-ring (bicyclic) bond motifs is 1. The molecule has 1 amide bonds. The van der Waals surface area contributed by atoms with E-state index < -0.39 is 6.10 Å². The molecule has 4 aromatic rings. The van der Waals surface area contributed by atoms with Crippen molar-refractivity contribution < 1.29 is 19.0 Å². The highest BCUT2D eigenvalue weighted by Gasteiger charge is 2.25. The number of methoxy groups -OCH3 is 2. The fourth-order valence-electron chi connectivity index (χ4n) is 4.25. The maximum absolute atomic E-state index is 13.0. The number of ether oxygens (including phenoxy) is 3. The summed E-state index contributed by atoms with van der Waals surface area (Å²) in [6.45, 7) is 4.11. The summed E-state index contributed by atoms with van der Waals surface area (Å²) < 4.78 is 17.1. The molecule has 0 saturated heterocycles. The van der Waals surface area contributed by atoms with Crippen molar-refractivity contribution in [3.63, 3.8) is 0 Å². The number of hydrogen-bond donors (Lipinski definition) is 2. The monoisotopic (exact) mass is 458 g/mol. The molecule has 0 aliphatic rings. The third-order valence-corrected chi connectivity index (χ3v) is 5.96. The molecule has 0 saturated carbocycles. The first-order chi connectivity index (χ1) is 16.5. The van der Waals surface area contributed by atoms with Crippen LogP contribution in [-0.4, -0.2) is 37.8 Å². The molecule has 0 aliphatic heterocycles. The Balaban J connectivity index is 1.62. The number of aromatic amines is 1. The minimum atomic E-state index is -0.641. The number of carbonyl (C=O) groups is 1. The number of hydrogen-bond acceptors (Lipinski definition) is 4. The van der Waals surface area contributed by atoms with Crippen LogP contribution in [0.2, 0.25) is 0 Å². The molecule has 2 N–H and O–H groups in total. The van der Waals surface area contributed by atoms with E-state index in [1.165, 1.54) is 0 Å². The van der Waals surface area contributed by atoms with Gasteiger partial charge in [0.05, 0.1) is 14.2 Å². The van der Waals surface area contributed by atoms with Gasteiger partial charge in [-0.3, -0.25) is 4.79 Å². The van der Waals surface area contributed by atoms with Crippen molar-refractivity contribution in [1.82, 2.24) is 10.3 Å². The van der Waals surface area contributed by atoms with Crippen molar-refractivity contribution in [2.24, 2.45) is 0 Å². The Kier molecular flexibility index (Phi) is 7.07. The van der Waals surface area contributed by atoms with Gasteiger partial charge in [-0.2, -0.15) is 0 Å². The van der Waals surface area contributed by atoms with E-state index in [2.05, 4.69) is 16.4 Å². The predicted octanol–water partition coefficient (Wildman–Crippen LogP) is 5.21. The lowest BCUT2D eigenvalue weighted by Gasteiger charge is -2.23. The molecule has 0 aliphatic carbocycles. The van der Waals surface area contributed by atoms with Crippen LogP contribution in [-0.2, 0) is 4.79 Å². The number of benzene rings is 3. The van der Waals surface area contributed by atoms with Crippen molar-refractivity contribution >= 4 is 16.8 Å². The summed E-state index contributed by atoms with van der Waals surface area (Å²) in [4.78, 5) is 16.3. The first-order valence-electron chi connectivity index (χ1n) is 11.3. The average Bonchev–Trinajstić information content (AvgIpc) is 3.27.